The largest absolute Gasteiger partial charge is 0.379 e. The summed E-state index contributed by atoms with van der Waals surface area (Å²) in [5, 5.41) is 3.39. The van der Waals surface area contributed by atoms with Crippen molar-refractivity contribution in [2.75, 3.05) is 45.9 Å². The van der Waals surface area contributed by atoms with Gasteiger partial charge in [0.05, 0.1) is 18.6 Å². The van der Waals surface area contributed by atoms with Gasteiger partial charge in [0.15, 0.2) is 0 Å². The number of aromatic amines is 1. The fourth-order valence-corrected chi connectivity index (χ4v) is 2.65. The Morgan fingerprint density at radius 2 is 2.12 bits per heavy atom. The standard InChI is InChI=1S/C12H19N3O/c1-2-14-7-11(1)12(9-16-10-12)8-15-5-3-13-4-6-15/h1-2,7,13-14H,3-6,8-10H2. The highest BCUT2D eigenvalue weighted by Gasteiger charge is 2.42. The van der Waals surface area contributed by atoms with Crippen LogP contribution < -0.4 is 5.32 Å². The van der Waals surface area contributed by atoms with Crippen LogP contribution in [0.2, 0.25) is 0 Å². The van der Waals surface area contributed by atoms with Crippen LogP contribution in [0.4, 0.5) is 0 Å². The van der Waals surface area contributed by atoms with Gasteiger partial charge < -0.3 is 15.0 Å². The van der Waals surface area contributed by atoms with Crippen LogP contribution >= 0.6 is 0 Å². The molecule has 0 atom stereocenters. The smallest absolute Gasteiger partial charge is 0.0598 e. The maximum absolute atomic E-state index is 5.45. The second kappa shape index (κ2) is 4.20. The monoisotopic (exact) mass is 221 g/mol. The minimum absolute atomic E-state index is 0.247. The molecule has 2 fully saturated rings. The summed E-state index contributed by atoms with van der Waals surface area (Å²) in [6.07, 6.45) is 4.12. The molecule has 3 rings (SSSR count). The fraction of sp³-hybridized carbons (Fsp3) is 0.667. The minimum atomic E-state index is 0.247. The Labute approximate surface area is 96.0 Å². The van der Waals surface area contributed by atoms with Crippen LogP contribution in [0.1, 0.15) is 5.56 Å². The van der Waals surface area contributed by atoms with Crippen molar-refractivity contribution >= 4 is 0 Å². The minimum Gasteiger partial charge on any atom is -0.379 e. The Bertz CT molecular complexity index is 326. The van der Waals surface area contributed by atoms with E-state index in [1.54, 1.807) is 0 Å². The zero-order chi connectivity index (χ0) is 10.8. The highest BCUT2D eigenvalue weighted by Crippen LogP contribution is 2.33. The Morgan fingerprint density at radius 3 is 2.69 bits per heavy atom. The lowest BCUT2D eigenvalue weighted by Gasteiger charge is -2.45. The van der Waals surface area contributed by atoms with Crippen LogP contribution in [0.5, 0.6) is 0 Å². The molecule has 2 aliphatic heterocycles. The lowest BCUT2D eigenvalue weighted by Crippen LogP contribution is -2.57. The Hall–Kier alpha value is -0.840. The molecule has 1 aromatic rings. The molecule has 4 heteroatoms. The lowest BCUT2D eigenvalue weighted by atomic mass is 9.79. The van der Waals surface area contributed by atoms with Gasteiger partial charge in [-0.05, 0) is 11.6 Å². The van der Waals surface area contributed by atoms with Crippen molar-refractivity contribution in [2.24, 2.45) is 0 Å². The maximum Gasteiger partial charge on any atom is 0.0598 e. The predicted molar refractivity (Wildman–Crippen MR) is 62.6 cm³/mol. The second-order valence-corrected chi connectivity index (χ2v) is 4.90. The Morgan fingerprint density at radius 1 is 1.31 bits per heavy atom. The summed E-state index contributed by atoms with van der Waals surface area (Å²) >= 11 is 0. The molecule has 0 saturated carbocycles. The summed E-state index contributed by atoms with van der Waals surface area (Å²) in [5.41, 5.74) is 1.65. The average Bonchev–Trinajstić information content (AvgIpc) is 2.78. The van der Waals surface area contributed by atoms with Gasteiger partial charge in [-0.15, -0.1) is 0 Å². The number of piperazine rings is 1. The van der Waals surface area contributed by atoms with Crippen LogP contribution in [0.25, 0.3) is 0 Å². The molecule has 2 saturated heterocycles. The van der Waals surface area contributed by atoms with Gasteiger partial charge in [0.25, 0.3) is 0 Å². The van der Waals surface area contributed by atoms with E-state index in [1.165, 1.54) is 5.56 Å². The van der Waals surface area contributed by atoms with Crippen molar-refractivity contribution in [2.45, 2.75) is 5.41 Å². The molecule has 0 aliphatic carbocycles. The summed E-state index contributed by atoms with van der Waals surface area (Å²) in [4.78, 5) is 5.70. The first-order valence-corrected chi connectivity index (χ1v) is 6.03. The van der Waals surface area contributed by atoms with Crippen LogP contribution in [0, 0.1) is 0 Å². The molecule has 0 spiro atoms. The molecular weight excluding hydrogens is 202 g/mol. The van der Waals surface area contributed by atoms with E-state index in [1.807, 2.05) is 6.20 Å². The van der Waals surface area contributed by atoms with Crippen molar-refractivity contribution < 1.29 is 4.74 Å². The predicted octanol–water partition coefficient (Wildman–Crippen LogP) is 0.188. The molecular formula is C12H19N3O. The molecule has 0 bridgehead atoms. The van der Waals surface area contributed by atoms with Crippen molar-refractivity contribution in [3.8, 4) is 0 Å². The molecule has 88 valence electrons. The molecule has 4 nitrogen and oxygen atoms in total. The van der Waals surface area contributed by atoms with Gasteiger partial charge in [-0.1, -0.05) is 0 Å². The van der Waals surface area contributed by atoms with Gasteiger partial charge in [0.1, 0.15) is 0 Å². The summed E-state index contributed by atoms with van der Waals surface area (Å²) in [5.74, 6) is 0. The molecule has 2 aliphatic rings. The third kappa shape index (κ3) is 1.77. The highest BCUT2D eigenvalue weighted by atomic mass is 16.5. The molecule has 0 unspecified atom stereocenters. The van der Waals surface area contributed by atoms with E-state index in [4.69, 9.17) is 4.74 Å². The van der Waals surface area contributed by atoms with Crippen LogP contribution in [0.15, 0.2) is 18.5 Å². The summed E-state index contributed by atoms with van der Waals surface area (Å²) < 4.78 is 5.45. The number of rotatable bonds is 3. The number of ether oxygens (including phenoxy) is 1. The number of nitrogens with zero attached hydrogens (tertiary/aromatic N) is 1. The van der Waals surface area contributed by atoms with Gasteiger partial charge in [-0.3, -0.25) is 4.90 Å². The van der Waals surface area contributed by atoms with Gasteiger partial charge >= 0.3 is 0 Å². The van der Waals surface area contributed by atoms with Crippen molar-refractivity contribution in [3.63, 3.8) is 0 Å². The van der Waals surface area contributed by atoms with Gasteiger partial charge in [-0.2, -0.15) is 0 Å². The SMILES string of the molecule is c1cc(C2(CN3CCNCC3)COC2)c[nH]1. The van der Waals surface area contributed by atoms with Crippen molar-refractivity contribution in [1.29, 1.82) is 0 Å². The van der Waals surface area contributed by atoms with Gasteiger partial charge in [0, 0.05) is 45.1 Å². The molecule has 0 radical (unpaired) electrons. The topological polar surface area (TPSA) is 40.3 Å². The van der Waals surface area contributed by atoms with E-state index in [-0.39, 0.29) is 5.41 Å². The van der Waals surface area contributed by atoms with Gasteiger partial charge in [0.2, 0.25) is 0 Å². The van der Waals surface area contributed by atoms with Gasteiger partial charge in [-0.25, -0.2) is 0 Å². The number of hydrogen-bond acceptors (Lipinski definition) is 3. The van der Waals surface area contributed by atoms with E-state index in [0.717, 1.165) is 45.9 Å². The first-order chi connectivity index (χ1) is 7.89. The highest BCUT2D eigenvalue weighted by molar-refractivity contribution is 5.26. The van der Waals surface area contributed by atoms with E-state index in [9.17, 15) is 0 Å². The number of hydrogen-bond donors (Lipinski definition) is 2. The number of nitrogens with one attached hydrogen (secondary N) is 2. The fourth-order valence-electron chi connectivity index (χ4n) is 2.65. The Kier molecular flexibility index (Phi) is 2.71. The van der Waals surface area contributed by atoms with E-state index >= 15 is 0 Å². The summed E-state index contributed by atoms with van der Waals surface area (Å²) in [6.45, 7) is 7.42. The quantitative estimate of drug-likeness (QED) is 0.765. The van der Waals surface area contributed by atoms with Crippen LogP contribution in [-0.2, 0) is 10.2 Å². The molecule has 16 heavy (non-hydrogen) atoms. The van der Waals surface area contributed by atoms with E-state index in [2.05, 4.69) is 27.5 Å². The first kappa shape index (κ1) is 10.3. The molecule has 1 aromatic heterocycles. The van der Waals surface area contributed by atoms with Crippen LogP contribution in [-0.4, -0.2) is 55.8 Å². The Balaban J connectivity index is 1.70. The van der Waals surface area contributed by atoms with E-state index < -0.39 is 0 Å². The van der Waals surface area contributed by atoms with Crippen molar-refractivity contribution in [1.82, 2.24) is 15.2 Å². The molecule has 3 heterocycles. The van der Waals surface area contributed by atoms with Crippen LogP contribution in [0.3, 0.4) is 0 Å². The van der Waals surface area contributed by atoms with Crippen molar-refractivity contribution in [3.05, 3.63) is 24.0 Å². The third-order valence-corrected chi connectivity index (χ3v) is 3.70. The molecule has 0 amide bonds. The number of aromatic nitrogens is 1. The average molecular weight is 221 g/mol. The maximum atomic E-state index is 5.45. The second-order valence-electron chi connectivity index (χ2n) is 4.90. The normalized spacial score (nSPS) is 25.2. The lowest BCUT2D eigenvalue weighted by molar-refractivity contribution is -0.0755. The first-order valence-electron chi connectivity index (χ1n) is 6.03. The molecule has 0 aromatic carbocycles. The zero-order valence-electron chi connectivity index (χ0n) is 9.54. The summed E-state index contributed by atoms with van der Waals surface area (Å²) in [6, 6.07) is 2.19. The number of H-pyrrole nitrogens is 1. The third-order valence-electron chi connectivity index (χ3n) is 3.70. The molecule has 2 N–H and O–H groups in total. The van der Waals surface area contributed by atoms with E-state index in [0.29, 0.717) is 0 Å². The summed E-state index contributed by atoms with van der Waals surface area (Å²) in [7, 11) is 0. The zero-order valence-corrected chi connectivity index (χ0v) is 9.54.